The maximum absolute atomic E-state index is 12.5. The van der Waals surface area contributed by atoms with E-state index >= 15 is 0 Å². The molecule has 2 aromatic rings. The molecule has 5 heteroatoms. The Morgan fingerprint density at radius 3 is 2.90 bits per heavy atom. The Labute approximate surface area is 122 Å². The molecule has 1 aliphatic heterocycles. The Morgan fingerprint density at radius 1 is 1.38 bits per heavy atom. The van der Waals surface area contributed by atoms with E-state index in [1.165, 1.54) is 6.07 Å². The first-order chi connectivity index (χ1) is 10.1. The van der Waals surface area contributed by atoms with Crippen LogP contribution in [0.2, 0.25) is 0 Å². The normalized spacial score (nSPS) is 22.5. The molecule has 2 atom stereocenters. The molecule has 1 aromatic carbocycles. The number of carbonyl (C=O) groups is 1. The van der Waals surface area contributed by atoms with Gasteiger partial charge in [0.2, 0.25) is 0 Å². The summed E-state index contributed by atoms with van der Waals surface area (Å²) < 4.78 is 5.60. The monoisotopic (exact) mass is 286 g/mol. The van der Waals surface area contributed by atoms with Crippen molar-refractivity contribution in [3.8, 4) is 0 Å². The molecule has 0 bridgehead atoms. The Morgan fingerprint density at radius 2 is 2.14 bits per heavy atom. The van der Waals surface area contributed by atoms with Crippen LogP contribution in [0.3, 0.4) is 0 Å². The Balaban J connectivity index is 1.93. The zero-order chi connectivity index (χ0) is 15.0. The van der Waals surface area contributed by atoms with Crippen LogP contribution in [0.5, 0.6) is 0 Å². The first kappa shape index (κ1) is 13.8. The molecule has 0 saturated carbocycles. The summed E-state index contributed by atoms with van der Waals surface area (Å²) in [5.41, 5.74) is 6.21. The van der Waals surface area contributed by atoms with Crippen LogP contribution in [0.4, 0.5) is 0 Å². The van der Waals surface area contributed by atoms with Crippen molar-refractivity contribution < 1.29 is 9.21 Å². The number of likely N-dealkylation sites (tertiary alicyclic amines) is 1. The van der Waals surface area contributed by atoms with Crippen LogP contribution in [0.15, 0.2) is 39.5 Å². The number of nitrogens with zero attached hydrogens (tertiary/aromatic N) is 1. The van der Waals surface area contributed by atoms with Gasteiger partial charge in [-0.15, -0.1) is 0 Å². The molecule has 0 aliphatic carbocycles. The van der Waals surface area contributed by atoms with Gasteiger partial charge < -0.3 is 15.1 Å². The fourth-order valence-electron chi connectivity index (χ4n) is 2.71. The van der Waals surface area contributed by atoms with E-state index in [1.54, 1.807) is 29.2 Å². The van der Waals surface area contributed by atoms with Gasteiger partial charge in [0.15, 0.2) is 11.2 Å². The molecule has 2 heterocycles. The topological polar surface area (TPSA) is 76.5 Å². The van der Waals surface area contributed by atoms with Crippen molar-refractivity contribution in [2.75, 3.05) is 13.1 Å². The highest BCUT2D eigenvalue weighted by atomic mass is 16.3. The van der Waals surface area contributed by atoms with Crippen molar-refractivity contribution >= 4 is 16.9 Å². The fraction of sp³-hybridized carbons (Fsp3) is 0.375. The van der Waals surface area contributed by atoms with Crippen molar-refractivity contribution in [3.05, 3.63) is 46.3 Å². The summed E-state index contributed by atoms with van der Waals surface area (Å²) in [6.07, 6.45) is 0.769. The first-order valence-electron chi connectivity index (χ1n) is 7.14. The molecule has 110 valence electrons. The Hall–Kier alpha value is -2.14. The molecule has 1 aliphatic rings. The van der Waals surface area contributed by atoms with E-state index in [4.69, 9.17) is 10.2 Å². The summed E-state index contributed by atoms with van der Waals surface area (Å²) in [7, 11) is 0. The van der Waals surface area contributed by atoms with E-state index in [9.17, 15) is 9.59 Å². The van der Waals surface area contributed by atoms with Crippen molar-refractivity contribution in [3.63, 3.8) is 0 Å². The summed E-state index contributed by atoms with van der Waals surface area (Å²) >= 11 is 0. The molecule has 1 amide bonds. The summed E-state index contributed by atoms with van der Waals surface area (Å²) in [4.78, 5) is 26.3. The van der Waals surface area contributed by atoms with Gasteiger partial charge in [0, 0.05) is 25.2 Å². The van der Waals surface area contributed by atoms with E-state index in [1.807, 2.05) is 6.92 Å². The first-order valence-corrected chi connectivity index (χ1v) is 7.14. The van der Waals surface area contributed by atoms with Gasteiger partial charge in [0.1, 0.15) is 5.58 Å². The maximum atomic E-state index is 12.5. The largest absolute Gasteiger partial charge is 0.451 e. The minimum atomic E-state index is -0.239. The predicted octanol–water partition coefficient (Wildman–Crippen LogP) is 1.60. The van der Waals surface area contributed by atoms with Gasteiger partial charge in [-0.2, -0.15) is 0 Å². The van der Waals surface area contributed by atoms with Crippen LogP contribution in [0.1, 0.15) is 23.9 Å². The van der Waals surface area contributed by atoms with Crippen LogP contribution in [0, 0.1) is 5.92 Å². The van der Waals surface area contributed by atoms with E-state index in [0.29, 0.717) is 24.1 Å². The average molecular weight is 286 g/mol. The average Bonchev–Trinajstić information content (AvgIpc) is 2.49. The van der Waals surface area contributed by atoms with Crippen LogP contribution < -0.4 is 11.2 Å². The number of benzene rings is 1. The number of hydrogen-bond acceptors (Lipinski definition) is 4. The lowest BCUT2D eigenvalue weighted by Gasteiger charge is -2.34. The summed E-state index contributed by atoms with van der Waals surface area (Å²) in [5, 5.41) is 0.489. The molecule has 0 spiro atoms. The quantitative estimate of drug-likeness (QED) is 0.864. The lowest BCUT2D eigenvalue weighted by atomic mass is 9.94. The number of para-hydroxylation sites is 1. The lowest BCUT2D eigenvalue weighted by molar-refractivity contribution is 0.0632. The summed E-state index contributed by atoms with van der Waals surface area (Å²) in [5.74, 6) is 0.104. The highest BCUT2D eigenvalue weighted by Gasteiger charge is 2.28. The maximum Gasteiger partial charge on any atom is 0.289 e. The van der Waals surface area contributed by atoms with Crippen LogP contribution in [-0.4, -0.2) is 29.9 Å². The molecule has 3 rings (SSSR count). The second-order valence-electron chi connectivity index (χ2n) is 5.65. The zero-order valence-electron chi connectivity index (χ0n) is 11.9. The molecule has 1 aromatic heterocycles. The molecule has 2 N–H and O–H groups in total. The SMILES string of the molecule is CC1CN(C(=O)c2cc(=O)c3ccccc3o2)CCC1N. The molecule has 21 heavy (non-hydrogen) atoms. The van der Waals surface area contributed by atoms with Gasteiger partial charge in [-0.25, -0.2) is 0 Å². The molecule has 1 fully saturated rings. The number of rotatable bonds is 1. The second kappa shape index (κ2) is 5.33. The van der Waals surface area contributed by atoms with Crippen molar-refractivity contribution in [1.29, 1.82) is 0 Å². The Bertz CT molecular complexity index is 738. The van der Waals surface area contributed by atoms with Crippen molar-refractivity contribution in [2.45, 2.75) is 19.4 Å². The van der Waals surface area contributed by atoms with E-state index in [0.717, 1.165) is 6.42 Å². The van der Waals surface area contributed by atoms with E-state index in [2.05, 4.69) is 0 Å². The number of nitrogens with two attached hydrogens (primary N) is 1. The Kier molecular flexibility index (Phi) is 3.51. The van der Waals surface area contributed by atoms with Gasteiger partial charge >= 0.3 is 0 Å². The molecular formula is C16H18N2O3. The third-order valence-corrected chi connectivity index (χ3v) is 4.10. The smallest absolute Gasteiger partial charge is 0.289 e. The highest BCUT2D eigenvalue weighted by Crippen LogP contribution is 2.18. The van der Waals surface area contributed by atoms with Gasteiger partial charge in [0.25, 0.3) is 5.91 Å². The fourth-order valence-corrected chi connectivity index (χ4v) is 2.71. The lowest BCUT2D eigenvalue weighted by Crippen LogP contribution is -2.48. The standard InChI is InChI=1S/C16H18N2O3/c1-10-9-18(7-6-12(10)17)16(20)15-8-13(19)11-4-2-3-5-14(11)21-15/h2-5,8,10,12H,6-7,9,17H2,1H3. The summed E-state index contributed by atoms with van der Waals surface area (Å²) in [6, 6.07) is 8.34. The van der Waals surface area contributed by atoms with Crippen molar-refractivity contribution in [1.82, 2.24) is 4.90 Å². The number of amides is 1. The van der Waals surface area contributed by atoms with Gasteiger partial charge in [-0.1, -0.05) is 19.1 Å². The molecule has 2 unspecified atom stereocenters. The van der Waals surface area contributed by atoms with Crippen molar-refractivity contribution in [2.24, 2.45) is 11.7 Å². The van der Waals surface area contributed by atoms with E-state index in [-0.39, 0.29) is 29.1 Å². The molecule has 1 saturated heterocycles. The highest BCUT2D eigenvalue weighted by molar-refractivity contribution is 5.93. The second-order valence-corrected chi connectivity index (χ2v) is 5.65. The number of carbonyl (C=O) groups excluding carboxylic acids is 1. The zero-order valence-corrected chi connectivity index (χ0v) is 11.9. The minimum Gasteiger partial charge on any atom is -0.451 e. The third-order valence-electron chi connectivity index (χ3n) is 4.10. The third kappa shape index (κ3) is 2.56. The van der Waals surface area contributed by atoms with Crippen LogP contribution >= 0.6 is 0 Å². The number of fused-ring (bicyclic) bond motifs is 1. The van der Waals surface area contributed by atoms with E-state index < -0.39 is 0 Å². The minimum absolute atomic E-state index is 0.0985. The summed E-state index contributed by atoms with van der Waals surface area (Å²) in [6.45, 7) is 3.22. The van der Waals surface area contributed by atoms with Gasteiger partial charge in [-0.3, -0.25) is 9.59 Å². The van der Waals surface area contributed by atoms with Gasteiger partial charge in [0.05, 0.1) is 5.39 Å². The van der Waals surface area contributed by atoms with Crippen LogP contribution in [0.25, 0.3) is 11.0 Å². The predicted molar refractivity (Wildman–Crippen MR) is 80.1 cm³/mol. The van der Waals surface area contributed by atoms with Crippen LogP contribution in [-0.2, 0) is 0 Å². The van der Waals surface area contributed by atoms with Gasteiger partial charge in [-0.05, 0) is 24.5 Å². The number of piperidine rings is 1. The number of hydrogen-bond donors (Lipinski definition) is 1. The molecule has 0 radical (unpaired) electrons. The molecular weight excluding hydrogens is 268 g/mol. The molecule has 5 nitrogen and oxygen atoms in total.